The summed E-state index contributed by atoms with van der Waals surface area (Å²) in [5.41, 5.74) is 5.74. The summed E-state index contributed by atoms with van der Waals surface area (Å²) in [7, 11) is -3.43. The number of nitrogens with two attached hydrogens (primary N) is 1. The predicted octanol–water partition coefficient (Wildman–Crippen LogP) is 0.450. The van der Waals surface area contributed by atoms with Crippen LogP contribution in [0.15, 0.2) is 12.3 Å². The first kappa shape index (κ1) is 17.4. The fourth-order valence-corrected chi connectivity index (χ4v) is 5.02. The van der Waals surface area contributed by atoms with Gasteiger partial charge in [-0.3, -0.25) is 0 Å². The molecule has 9 heteroatoms. The van der Waals surface area contributed by atoms with Crippen LogP contribution in [0.25, 0.3) is 0 Å². The molecule has 2 saturated heterocycles. The van der Waals surface area contributed by atoms with E-state index in [1.807, 2.05) is 4.90 Å². The molecule has 0 radical (unpaired) electrons. The molecule has 2 atom stereocenters. The zero-order valence-corrected chi connectivity index (χ0v) is 15.0. The maximum atomic E-state index is 12.6. The lowest BCUT2D eigenvalue weighted by Gasteiger charge is -2.25. The van der Waals surface area contributed by atoms with Crippen molar-refractivity contribution in [2.45, 2.75) is 32.7 Å². The molecule has 0 amide bonds. The van der Waals surface area contributed by atoms with Gasteiger partial charge in [0.25, 0.3) is 10.2 Å². The highest BCUT2D eigenvalue weighted by Gasteiger charge is 2.39. The summed E-state index contributed by atoms with van der Waals surface area (Å²) in [4.78, 5) is 10.5. The van der Waals surface area contributed by atoms with E-state index >= 15 is 0 Å². The van der Waals surface area contributed by atoms with Crippen LogP contribution in [-0.4, -0.2) is 54.9 Å². The van der Waals surface area contributed by atoms with Crippen LogP contribution in [0.2, 0.25) is 0 Å². The van der Waals surface area contributed by atoms with Crippen molar-refractivity contribution in [2.24, 2.45) is 11.8 Å². The van der Waals surface area contributed by atoms with Gasteiger partial charge in [-0.25, -0.2) is 4.98 Å². The van der Waals surface area contributed by atoms with E-state index in [0.717, 1.165) is 12.8 Å². The van der Waals surface area contributed by atoms with E-state index in [-0.39, 0.29) is 12.0 Å². The summed E-state index contributed by atoms with van der Waals surface area (Å²) >= 11 is 0. The van der Waals surface area contributed by atoms with Crippen molar-refractivity contribution in [1.82, 2.24) is 19.0 Å². The van der Waals surface area contributed by atoms with E-state index in [0.29, 0.717) is 43.9 Å². The first-order valence-corrected chi connectivity index (χ1v) is 9.91. The predicted molar refractivity (Wildman–Crippen MR) is 93.6 cm³/mol. The quantitative estimate of drug-likeness (QED) is 0.795. The second-order valence-corrected chi connectivity index (χ2v) is 8.63. The number of hydrogen-bond acceptors (Lipinski definition) is 6. The molecule has 3 N–H and O–H groups in total. The van der Waals surface area contributed by atoms with Crippen LogP contribution < -0.4 is 15.4 Å². The van der Waals surface area contributed by atoms with E-state index < -0.39 is 10.2 Å². The second-order valence-electron chi connectivity index (χ2n) is 6.93. The monoisotopic (exact) mass is 354 g/mol. The van der Waals surface area contributed by atoms with Crippen molar-refractivity contribution < 1.29 is 8.42 Å². The van der Waals surface area contributed by atoms with Gasteiger partial charge in [-0.2, -0.15) is 22.4 Å². The summed E-state index contributed by atoms with van der Waals surface area (Å²) in [6, 6.07) is 1.49. The molecule has 134 valence electrons. The second kappa shape index (κ2) is 6.81. The topological polar surface area (TPSA) is 104 Å². The molecule has 3 heterocycles. The molecule has 2 aliphatic rings. The lowest BCUT2D eigenvalue weighted by Crippen LogP contribution is -2.48. The normalized spacial score (nSPS) is 25.7. The molecule has 0 bridgehead atoms. The number of nitrogen functional groups attached to an aromatic ring is 1. The SMILES string of the molecule is CC(C)[C@H]1CN(c2nccc(N)n2)C[C@@H]1NS(=O)(=O)N1CCCC1. The standard InChI is InChI=1S/C15H26N6O2S/c1-11(2)12-9-20(15-17-6-5-14(16)18-15)10-13(12)19-24(22,23)21-7-3-4-8-21/h5-6,11-13,19H,3-4,7-10H2,1-2H3,(H2,16,17,18)/t12-,13+/m1/s1. The van der Waals surface area contributed by atoms with Gasteiger partial charge in [-0.05, 0) is 30.7 Å². The largest absolute Gasteiger partial charge is 0.384 e. The summed E-state index contributed by atoms with van der Waals surface area (Å²) < 4.78 is 29.7. The van der Waals surface area contributed by atoms with Crippen LogP contribution in [0, 0.1) is 11.8 Å². The van der Waals surface area contributed by atoms with Crippen molar-refractivity contribution in [3.8, 4) is 0 Å². The third-order valence-corrected chi connectivity index (χ3v) is 6.52. The molecule has 1 aromatic heterocycles. The molecule has 0 aliphatic carbocycles. The minimum Gasteiger partial charge on any atom is -0.384 e. The summed E-state index contributed by atoms with van der Waals surface area (Å²) in [6.07, 6.45) is 3.49. The van der Waals surface area contributed by atoms with Crippen molar-refractivity contribution >= 4 is 22.0 Å². The molecule has 24 heavy (non-hydrogen) atoms. The van der Waals surface area contributed by atoms with Gasteiger partial charge in [0.2, 0.25) is 5.95 Å². The van der Waals surface area contributed by atoms with Crippen LogP contribution in [0.5, 0.6) is 0 Å². The zero-order chi connectivity index (χ0) is 17.3. The molecule has 0 aromatic carbocycles. The van der Waals surface area contributed by atoms with E-state index in [4.69, 9.17) is 5.73 Å². The van der Waals surface area contributed by atoms with Gasteiger partial charge in [-0.1, -0.05) is 13.8 Å². The Morgan fingerprint density at radius 3 is 2.62 bits per heavy atom. The van der Waals surface area contributed by atoms with Gasteiger partial charge < -0.3 is 10.6 Å². The number of nitrogens with zero attached hydrogens (tertiary/aromatic N) is 4. The fourth-order valence-electron chi connectivity index (χ4n) is 3.50. The van der Waals surface area contributed by atoms with Crippen molar-refractivity contribution in [1.29, 1.82) is 0 Å². The van der Waals surface area contributed by atoms with Crippen LogP contribution in [0.3, 0.4) is 0 Å². The summed E-state index contributed by atoms with van der Waals surface area (Å²) in [6.45, 7) is 6.72. The van der Waals surface area contributed by atoms with Gasteiger partial charge in [0.1, 0.15) is 5.82 Å². The Morgan fingerprint density at radius 1 is 1.29 bits per heavy atom. The number of aromatic nitrogens is 2. The Hall–Kier alpha value is -1.45. The van der Waals surface area contributed by atoms with Gasteiger partial charge in [0.05, 0.1) is 0 Å². The number of hydrogen-bond donors (Lipinski definition) is 2. The highest BCUT2D eigenvalue weighted by molar-refractivity contribution is 7.87. The number of anilines is 2. The molecule has 2 aliphatic heterocycles. The van der Waals surface area contributed by atoms with Gasteiger partial charge in [-0.15, -0.1) is 0 Å². The first-order chi connectivity index (χ1) is 11.4. The number of rotatable bonds is 5. The minimum absolute atomic E-state index is 0.152. The van der Waals surface area contributed by atoms with Crippen LogP contribution >= 0.6 is 0 Å². The molecule has 1 aromatic rings. The zero-order valence-electron chi connectivity index (χ0n) is 14.2. The van der Waals surface area contributed by atoms with Gasteiger partial charge >= 0.3 is 0 Å². The molecule has 0 spiro atoms. The Labute approximate surface area is 143 Å². The Bertz CT molecular complexity index is 674. The molecule has 0 saturated carbocycles. The third-order valence-electron chi connectivity index (χ3n) is 4.87. The molecule has 2 fully saturated rings. The molecule has 8 nitrogen and oxygen atoms in total. The summed E-state index contributed by atoms with van der Waals surface area (Å²) in [5.74, 6) is 1.53. The Morgan fingerprint density at radius 2 is 2.00 bits per heavy atom. The maximum absolute atomic E-state index is 12.6. The van der Waals surface area contributed by atoms with Gasteiger partial charge in [0.15, 0.2) is 0 Å². The molecular formula is C15H26N6O2S. The smallest absolute Gasteiger partial charge is 0.279 e. The lowest BCUT2D eigenvalue weighted by atomic mass is 9.92. The third kappa shape index (κ3) is 3.62. The average molecular weight is 354 g/mol. The maximum Gasteiger partial charge on any atom is 0.279 e. The van der Waals surface area contributed by atoms with E-state index in [1.165, 1.54) is 0 Å². The molecule has 0 unspecified atom stereocenters. The lowest BCUT2D eigenvalue weighted by molar-refractivity contribution is 0.355. The highest BCUT2D eigenvalue weighted by Crippen LogP contribution is 2.28. The van der Waals surface area contributed by atoms with Crippen molar-refractivity contribution in [3.05, 3.63) is 12.3 Å². The van der Waals surface area contributed by atoms with E-state index in [2.05, 4.69) is 28.5 Å². The first-order valence-electron chi connectivity index (χ1n) is 8.47. The van der Waals surface area contributed by atoms with Crippen LogP contribution in [0.1, 0.15) is 26.7 Å². The van der Waals surface area contributed by atoms with Crippen LogP contribution in [-0.2, 0) is 10.2 Å². The van der Waals surface area contributed by atoms with E-state index in [1.54, 1.807) is 16.6 Å². The highest BCUT2D eigenvalue weighted by atomic mass is 32.2. The Balaban J connectivity index is 1.76. The van der Waals surface area contributed by atoms with Gasteiger partial charge in [0, 0.05) is 38.4 Å². The van der Waals surface area contributed by atoms with E-state index in [9.17, 15) is 8.42 Å². The van der Waals surface area contributed by atoms with Crippen molar-refractivity contribution in [3.63, 3.8) is 0 Å². The van der Waals surface area contributed by atoms with Crippen molar-refractivity contribution in [2.75, 3.05) is 36.8 Å². The number of nitrogens with one attached hydrogen (secondary N) is 1. The summed E-state index contributed by atoms with van der Waals surface area (Å²) in [5, 5.41) is 0. The molecule has 3 rings (SSSR count). The molecular weight excluding hydrogens is 328 g/mol. The van der Waals surface area contributed by atoms with Crippen LogP contribution in [0.4, 0.5) is 11.8 Å². The fraction of sp³-hybridized carbons (Fsp3) is 0.733. The average Bonchev–Trinajstić information content (AvgIpc) is 3.16. The Kier molecular flexibility index (Phi) is 4.93. The minimum atomic E-state index is -3.43.